The second-order valence-corrected chi connectivity index (χ2v) is 5.24. The van der Waals surface area contributed by atoms with Gasteiger partial charge in [-0.05, 0) is 46.1 Å². The summed E-state index contributed by atoms with van der Waals surface area (Å²) in [6.07, 6.45) is 8.02. The fourth-order valence-electron chi connectivity index (χ4n) is 2.92. The van der Waals surface area contributed by atoms with Crippen molar-refractivity contribution in [2.75, 3.05) is 6.54 Å². The summed E-state index contributed by atoms with van der Waals surface area (Å²) in [4.78, 5) is 2.70. The molecule has 2 nitrogen and oxygen atoms in total. The fraction of sp³-hybridized carbons (Fsp3) is 1.00. The van der Waals surface area contributed by atoms with E-state index in [2.05, 4.69) is 25.7 Å². The maximum Gasteiger partial charge on any atom is 0.00979 e. The van der Waals surface area contributed by atoms with Crippen molar-refractivity contribution in [1.29, 1.82) is 0 Å². The van der Waals surface area contributed by atoms with Crippen molar-refractivity contribution in [2.24, 2.45) is 5.73 Å². The van der Waals surface area contributed by atoms with Crippen LogP contribution in [0, 0.1) is 0 Å². The molecule has 3 unspecified atom stereocenters. The lowest BCUT2D eigenvalue weighted by atomic mass is 9.95. The van der Waals surface area contributed by atoms with Gasteiger partial charge in [-0.1, -0.05) is 19.8 Å². The maximum absolute atomic E-state index is 5.89. The van der Waals surface area contributed by atoms with Crippen molar-refractivity contribution >= 4 is 0 Å². The lowest BCUT2D eigenvalue weighted by Crippen LogP contribution is -2.46. The first kappa shape index (κ1) is 13.0. The Morgan fingerprint density at radius 3 is 2.67 bits per heavy atom. The van der Waals surface area contributed by atoms with E-state index in [0.29, 0.717) is 12.1 Å². The molecule has 1 aliphatic rings. The molecule has 15 heavy (non-hydrogen) atoms. The van der Waals surface area contributed by atoms with Gasteiger partial charge in [-0.15, -0.1) is 0 Å². The van der Waals surface area contributed by atoms with E-state index in [0.717, 1.165) is 12.5 Å². The Hall–Kier alpha value is -0.0800. The molecule has 0 aromatic rings. The smallest absolute Gasteiger partial charge is 0.00979 e. The normalized spacial score (nSPS) is 27.6. The maximum atomic E-state index is 5.89. The van der Waals surface area contributed by atoms with Gasteiger partial charge >= 0.3 is 0 Å². The number of rotatable bonds is 5. The highest BCUT2D eigenvalue weighted by Crippen LogP contribution is 2.24. The van der Waals surface area contributed by atoms with Gasteiger partial charge in [0.1, 0.15) is 0 Å². The van der Waals surface area contributed by atoms with Crippen LogP contribution >= 0.6 is 0 Å². The Kier molecular flexibility index (Phi) is 5.62. The van der Waals surface area contributed by atoms with Crippen molar-refractivity contribution in [1.82, 2.24) is 4.90 Å². The van der Waals surface area contributed by atoms with E-state index in [-0.39, 0.29) is 0 Å². The standard InChI is InChI=1S/C13H28N2/c1-4-7-13-8-5-6-9-15(13)12(3)10-11(2)14/h11-13H,4-10,14H2,1-3H3. The van der Waals surface area contributed by atoms with Crippen LogP contribution in [0.4, 0.5) is 0 Å². The van der Waals surface area contributed by atoms with E-state index in [4.69, 9.17) is 5.73 Å². The molecule has 0 amide bonds. The molecule has 0 aromatic heterocycles. The lowest BCUT2D eigenvalue weighted by Gasteiger charge is -2.40. The SMILES string of the molecule is CCCC1CCCCN1C(C)CC(C)N. The van der Waals surface area contributed by atoms with Crippen molar-refractivity contribution in [3.05, 3.63) is 0 Å². The van der Waals surface area contributed by atoms with Crippen LogP contribution in [0.25, 0.3) is 0 Å². The highest BCUT2D eigenvalue weighted by Gasteiger charge is 2.25. The van der Waals surface area contributed by atoms with Gasteiger partial charge in [0.15, 0.2) is 0 Å². The number of hydrogen-bond donors (Lipinski definition) is 1. The Labute approximate surface area is 95.2 Å². The molecule has 0 aliphatic carbocycles. The van der Waals surface area contributed by atoms with Gasteiger partial charge in [0, 0.05) is 18.1 Å². The predicted molar refractivity (Wildman–Crippen MR) is 67.0 cm³/mol. The zero-order valence-electron chi connectivity index (χ0n) is 10.7. The van der Waals surface area contributed by atoms with E-state index in [9.17, 15) is 0 Å². The molecule has 1 saturated heterocycles. The predicted octanol–water partition coefficient (Wildman–Crippen LogP) is 2.77. The number of hydrogen-bond acceptors (Lipinski definition) is 2. The molecule has 90 valence electrons. The number of nitrogens with two attached hydrogens (primary N) is 1. The number of likely N-dealkylation sites (tertiary alicyclic amines) is 1. The highest BCUT2D eigenvalue weighted by atomic mass is 15.2. The van der Waals surface area contributed by atoms with Crippen LogP contribution in [0.5, 0.6) is 0 Å². The van der Waals surface area contributed by atoms with E-state index >= 15 is 0 Å². The van der Waals surface area contributed by atoms with E-state index in [1.807, 2.05) is 0 Å². The number of nitrogens with zero attached hydrogens (tertiary/aromatic N) is 1. The second-order valence-electron chi connectivity index (χ2n) is 5.24. The van der Waals surface area contributed by atoms with Gasteiger partial charge in [-0.25, -0.2) is 0 Å². The molecule has 1 aliphatic heterocycles. The van der Waals surface area contributed by atoms with Gasteiger partial charge in [0.05, 0.1) is 0 Å². The first-order valence-electron chi connectivity index (χ1n) is 6.66. The lowest BCUT2D eigenvalue weighted by molar-refractivity contribution is 0.0892. The van der Waals surface area contributed by atoms with Gasteiger partial charge < -0.3 is 5.73 Å². The Bertz CT molecular complexity index is 166. The first-order valence-corrected chi connectivity index (χ1v) is 6.66. The van der Waals surface area contributed by atoms with Gasteiger partial charge in [-0.2, -0.15) is 0 Å². The molecule has 0 bridgehead atoms. The molecule has 1 fully saturated rings. The van der Waals surface area contributed by atoms with Crippen LogP contribution in [0.2, 0.25) is 0 Å². The van der Waals surface area contributed by atoms with Crippen molar-refractivity contribution in [2.45, 2.75) is 77.4 Å². The molecule has 0 spiro atoms. The third kappa shape index (κ3) is 4.12. The molecule has 1 heterocycles. The van der Waals surface area contributed by atoms with E-state index < -0.39 is 0 Å². The van der Waals surface area contributed by atoms with Crippen LogP contribution in [0.15, 0.2) is 0 Å². The first-order chi connectivity index (χ1) is 7.15. The summed E-state index contributed by atoms with van der Waals surface area (Å²) in [5.74, 6) is 0. The van der Waals surface area contributed by atoms with Crippen LogP contribution < -0.4 is 5.73 Å². The van der Waals surface area contributed by atoms with Crippen LogP contribution in [0.1, 0.15) is 59.3 Å². The molecular weight excluding hydrogens is 184 g/mol. The zero-order chi connectivity index (χ0) is 11.3. The average molecular weight is 212 g/mol. The van der Waals surface area contributed by atoms with Crippen molar-refractivity contribution in [3.63, 3.8) is 0 Å². The molecule has 0 saturated carbocycles. The minimum atomic E-state index is 0.337. The molecule has 1 rings (SSSR count). The summed E-state index contributed by atoms with van der Waals surface area (Å²) in [5, 5.41) is 0. The summed E-state index contributed by atoms with van der Waals surface area (Å²) < 4.78 is 0. The largest absolute Gasteiger partial charge is 0.328 e. The topological polar surface area (TPSA) is 29.3 Å². The van der Waals surface area contributed by atoms with Crippen molar-refractivity contribution in [3.8, 4) is 0 Å². The molecule has 0 aromatic carbocycles. The molecular formula is C13H28N2. The third-order valence-electron chi connectivity index (χ3n) is 3.57. The Balaban J connectivity index is 2.46. The van der Waals surface area contributed by atoms with Gasteiger partial charge in [-0.3, -0.25) is 4.90 Å². The van der Waals surface area contributed by atoms with Crippen LogP contribution in [0.3, 0.4) is 0 Å². The zero-order valence-corrected chi connectivity index (χ0v) is 10.7. The van der Waals surface area contributed by atoms with Crippen molar-refractivity contribution < 1.29 is 0 Å². The van der Waals surface area contributed by atoms with E-state index in [1.165, 1.54) is 38.6 Å². The molecule has 0 radical (unpaired) electrons. The number of piperidine rings is 1. The molecule has 2 heteroatoms. The third-order valence-corrected chi connectivity index (χ3v) is 3.57. The average Bonchev–Trinajstić information content (AvgIpc) is 2.18. The summed E-state index contributed by atoms with van der Waals surface area (Å²) in [5.41, 5.74) is 5.89. The highest BCUT2D eigenvalue weighted by molar-refractivity contribution is 4.82. The summed E-state index contributed by atoms with van der Waals surface area (Å²) >= 11 is 0. The van der Waals surface area contributed by atoms with Crippen LogP contribution in [-0.2, 0) is 0 Å². The van der Waals surface area contributed by atoms with Gasteiger partial charge in [0.25, 0.3) is 0 Å². The molecule has 2 N–H and O–H groups in total. The minimum Gasteiger partial charge on any atom is -0.328 e. The fourth-order valence-corrected chi connectivity index (χ4v) is 2.92. The van der Waals surface area contributed by atoms with E-state index in [1.54, 1.807) is 0 Å². The second kappa shape index (κ2) is 6.49. The van der Waals surface area contributed by atoms with Crippen LogP contribution in [-0.4, -0.2) is 29.6 Å². The Morgan fingerprint density at radius 1 is 1.33 bits per heavy atom. The molecule has 3 atom stereocenters. The van der Waals surface area contributed by atoms with Gasteiger partial charge in [0.2, 0.25) is 0 Å². The Morgan fingerprint density at radius 2 is 2.07 bits per heavy atom. The monoisotopic (exact) mass is 212 g/mol. The summed E-state index contributed by atoms with van der Waals surface area (Å²) in [6, 6.07) is 1.84. The minimum absolute atomic E-state index is 0.337. The quantitative estimate of drug-likeness (QED) is 0.759. The summed E-state index contributed by atoms with van der Waals surface area (Å²) in [6.45, 7) is 8.05. The summed E-state index contributed by atoms with van der Waals surface area (Å²) in [7, 11) is 0.